The number of aryl methyl sites for hydroxylation is 1. The van der Waals surface area contributed by atoms with Crippen LogP contribution in [0.25, 0.3) is 5.57 Å². The molecule has 50 heavy (non-hydrogen) atoms. The average molecular weight is 699 g/mol. The lowest BCUT2D eigenvalue weighted by Crippen LogP contribution is -2.49. The number of nitrogens with zero attached hydrogens (tertiary/aromatic N) is 3. The summed E-state index contributed by atoms with van der Waals surface area (Å²) in [7, 11) is 0. The van der Waals surface area contributed by atoms with Gasteiger partial charge in [0.15, 0.2) is 5.84 Å². The number of carbonyl (C=O) groups is 3. The predicted octanol–water partition coefficient (Wildman–Crippen LogP) is 7.83. The van der Waals surface area contributed by atoms with Crippen LogP contribution in [0.4, 0.5) is 0 Å². The van der Waals surface area contributed by atoms with E-state index in [-0.39, 0.29) is 24.8 Å². The third kappa shape index (κ3) is 11.2. The molecule has 4 rings (SSSR count). The number of benzene rings is 2. The minimum absolute atomic E-state index is 0.133. The molecule has 0 bridgehead atoms. The smallest absolute Gasteiger partial charge is 0.308 e. The molecule has 0 saturated carbocycles. The number of carbonyl (C=O) groups excluding carboxylic acids is 2. The summed E-state index contributed by atoms with van der Waals surface area (Å²) >= 11 is 1.43. The Labute approximate surface area is 300 Å². The number of hydrogen-bond donors (Lipinski definition) is 2. The van der Waals surface area contributed by atoms with Gasteiger partial charge in [-0.1, -0.05) is 82.3 Å². The van der Waals surface area contributed by atoms with E-state index >= 15 is 0 Å². The molecule has 266 valence electrons. The summed E-state index contributed by atoms with van der Waals surface area (Å²) in [4.78, 5) is 50.4. The molecule has 2 heterocycles. The minimum atomic E-state index is -0.914. The highest BCUT2D eigenvalue weighted by Crippen LogP contribution is 2.22. The van der Waals surface area contributed by atoms with Gasteiger partial charge in [-0.25, -0.2) is 9.98 Å². The highest BCUT2D eigenvalue weighted by molar-refractivity contribution is 7.14. The number of amidine groups is 1. The normalized spacial score (nSPS) is 15.5. The second kappa shape index (κ2) is 19.6. The van der Waals surface area contributed by atoms with E-state index in [0.29, 0.717) is 23.7 Å². The number of unbranched alkanes of at least 4 members (excludes halogenated alkanes) is 4. The molecule has 0 unspecified atom stereocenters. The zero-order chi connectivity index (χ0) is 35.9. The summed E-state index contributed by atoms with van der Waals surface area (Å²) in [6.45, 7) is 11.2. The van der Waals surface area contributed by atoms with E-state index in [0.717, 1.165) is 58.8 Å². The van der Waals surface area contributed by atoms with Gasteiger partial charge in [0.05, 0.1) is 17.4 Å². The quantitative estimate of drug-likeness (QED) is 0.0797. The Morgan fingerprint density at radius 1 is 1.00 bits per heavy atom. The first-order valence-electron chi connectivity index (χ1n) is 17.7. The molecule has 2 aromatic carbocycles. The third-order valence-corrected chi connectivity index (χ3v) is 9.99. The second-order valence-corrected chi connectivity index (χ2v) is 13.9. The first-order valence-corrected chi connectivity index (χ1v) is 18.5. The molecule has 0 spiro atoms. The topological polar surface area (TPSA) is 121 Å². The maximum Gasteiger partial charge on any atom is 0.308 e. The van der Waals surface area contributed by atoms with Gasteiger partial charge in [0, 0.05) is 36.2 Å². The lowest BCUT2D eigenvalue weighted by molar-refractivity contribution is -0.141. The van der Waals surface area contributed by atoms with Crippen molar-refractivity contribution in [2.24, 2.45) is 15.9 Å². The standard InChI is InChI=1S/C40H50N4O5S/c1-5-7-8-9-10-24-49-33-18-16-30(17-19-33)28(3)26-42-37(41-4)31-14-12-29(13-15-31)25-35(39(46)44-23-22-32(27-44)40(47)48)43-38(45)36-21-20-34(50-36)11-6-2/h12-21,26,32,35H,4-11,22-25,27H2,1-3H3,(H,43,45)(H,47,48)/b28-26+,42-37-/t32-,35-/m0/s1. The van der Waals surface area contributed by atoms with E-state index < -0.39 is 17.9 Å². The lowest BCUT2D eigenvalue weighted by atomic mass is 10.0. The number of likely N-dealkylation sites (tertiary alicyclic amines) is 1. The molecule has 1 aliphatic heterocycles. The molecule has 1 fully saturated rings. The van der Waals surface area contributed by atoms with Crippen molar-refractivity contribution >= 4 is 47.2 Å². The first kappa shape index (κ1) is 38.2. The summed E-state index contributed by atoms with van der Waals surface area (Å²) in [6, 6.07) is 18.4. The number of aliphatic carboxylic acids is 1. The maximum atomic E-state index is 13.7. The Hall–Kier alpha value is -4.57. The van der Waals surface area contributed by atoms with Crippen LogP contribution in [-0.2, 0) is 22.4 Å². The number of allylic oxidation sites excluding steroid dienone is 1. The Kier molecular flexibility index (Phi) is 15.0. The van der Waals surface area contributed by atoms with Gasteiger partial charge < -0.3 is 20.1 Å². The highest BCUT2D eigenvalue weighted by Gasteiger charge is 2.35. The van der Waals surface area contributed by atoms with Gasteiger partial charge in [-0.15, -0.1) is 11.3 Å². The van der Waals surface area contributed by atoms with E-state index in [2.05, 4.69) is 35.9 Å². The summed E-state index contributed by atoms with van der Waals surface area (Å²) in [5, 5.41) is 12.4. The molecular formula is C40H50N4O5S. The average Bonchev–Trinajstić information content (AvgIpc) is 3.82. The Morgan fingerprint density at radius 3 is 2.38 bits per heavy atom. The van der Waals surface area contributed by atoms with Crippen molar-refractivity contribution < 1.29 is 24.2 Å². The number of aliphatic imine (C=N–C) groups is 2. The summed E-state index contributed by atoms with van der Waals surface area (Å²) in [6.07, 6.45) is 10.3. The number of amides is 2. The predicted molar refractivity (Wildman–Crippen MR) is 202 cm³/mol. The third-order valence-electron chi connectivity index (χ3n) is 8.84. The van der Waals surface area contributed by atoms with Gasteiger partial charge in [-0.05, 0) is 73.9 Å². The van der Waals surface area contributed by atoms with Crippen molar-refractivity contribution in [3.63, 3.8) is 0 Å². The van der Waals surface area contributed by atoms with Crippen LogP contribution in [0.1, 0.15) is 97.0 Å². The SMILES string of the molecule is C=N/C(=N\C=C(/C)c1ccc(OCCCCCCC)cc1)c1ccc(C[C@H](NC(=O)c2ccc(CCC)s2)C(=O)N2CC[C@H](C(=O)O)C2)cc1. The van der Waals surface area contributed by atoms with Crippen molar-refractivity contribution in [3.05, 3.63) is 93.3 Å². The fourth-order valence-electron chi connectivity index (χ4n) is 5.87. The van der Waals surface area contributed by atoms with E-state index in [4.69, 9.17) is 4.74 Å². The zero-order valence-corrected chi connectivity index (χ0v) is 30.3. The minimum Gasteiger partial charge on any atom is -0.494 e. The van der Waals surface area contributed by atoms with Crippen LogP contribution in [0.2, 0.25) is 0 Å². The lowest BCUT2D eigenvalue weighted by Gasteiger charge is -2.24. The molecule has 1 aliphatic rings. The summed E-state index contributed by atoms with van der Waals surface area (Å²) in [5.41, 5.74) is 3.58. The van der Waals surface area contributed by atoms with Gasteiger partial charge in [0.1, 0.15) is 11.8 Å². The number of ether oxygens (including phenoxy) is 1. The number of carboxylic acids is 1. The molecular weight excluding hydrogens is 649 g/mol. The van der Waals surface area contributed by atoms with Crippen LogP contribution < -0.4 is 10.1 Å². The van der Waals surface area contributed by atoms with Crippen molar-refractivity contribution in [1.29, 1.82) is 0 Å². The van der Waals surface area contributed by atoms with Crippen LogP contribution in [0.3, 0.4) is 0 Å². The van der Waals surface area contributed by atoms with Crippen LogP contribution in [0.15, 0.2) is 76.8 Å². The van der Waals surface area contributed by atoms with Crippen LogP contribution in [0.5, 0.6) is 5.75 Å². The molecule has 3 aromatic rings. The fourth-order valence-corrected chi connectivity index (χ4v) is 6.88. The Bertz CT molecular complexity index is 1640. The molecule has 10 heteroatoms. The van der Waals surface area contributed by atoms with Crippen LogP contribution in [-0.4, -0.2) is 66.1 Å². The summed E-state index contributed by atoms with van der Waals surface area (Å²) in [5.74, 6) is -0.799. The number of carboxylic acid groups (broad SMARTS) is 1. The van der Waals surface area contributed by atoms with E-state index in [9.17, 15) is 19.5 Å². The number of hydrogen-bond acceptors (Lipinski definition) is 6. The van der Waals surface area contributed by atoms with Gasteiger partial charge in [0.25, 0.3) is 5.91 Å². The fraction of sp³-hybridized carbons (Fsp3) is 0.425. The van der Waals surface area contributed by atoms with Gasteiger partial charge in [0.2, 0.25) is 5.91 Å². The monoisotopic (exact) mass is 698 g/mol. The Balaban J connectivity index is 1.42. The van der Waals surface area contributed by atoms with E-state index in [1.165, 1.54) is 37.0 Å². The van der Waals surface area contributed by atoms with E-state index in [1.54, 1.807) is 17.2 Å². The van der Waals surface area contributed by atoms with Gasteiger partial charge in [-0.2, -0.15) is 0 Å². The highest BCUT2D eigenvalue weighted by atomic mass is 32.1. The molecule has 2 amide bonds. The Morgan fingerprint density at radius 2 is 1.72 bits per heavy atom. The largest absolute Gasteiger partial charge is 0.494 e. The zero-order valence-electron chi connectivity index (χ0n) is 29.5. The van der Waals surface area contributed by atoms with Crippen LogP contribution >= 0.6 is 11.3 Å². The maximum absolute atomic E-state index is 13.7. The molecule has 0 aliphatic carbocycles. The molecule has 2 atom stereocenters. The van der Waals surface area contributed by atoms with E-state index in [1.807, 2.05) is 61.5 Å². The number of rotatable bonds is 18. The first-order chi connectivity index (χ1) is 24.2. The van der Waals surface area contributed by atoms with Crippen LogP contribution in [0, 0.1) is 5.92 Å². The second-order valence-electron chi connectivity index (χ2n) is 12.8. The number of thiophene rings is 1. The van der Waals surface area contributed by atoms with Crippen molar-refractivity contribution in [2.75, 3.05) is 19.7 Å². The number of nitrogens with one attached hydrogen (secondary N) is 1. The molecule has 9 nitrogen and oxygen atoms in total. The molecule has 2 N–H and O–H groups in total. The van der Waals surface area contributed by atoms with Crippen molar-refractivity contribution in [1.82, 2.24) is 10.2 Å². The summed E-state index contributed by atoms with van der Waals surface area (Å²) < 4.78 is 5.89. The van der Waals surface area contributed by atoms with Gasteiger partial charge in [-0.3, -0.25) is 14.4 Å². The molecule has 1 aromatic heterocycles. The van der Waals surface area contributed by atoms with Gasteiger partial charge >= 0.3 is 5.97 Å². The molecule has 0 radical (unpaired) electrons. The molecule has 1 saturated heterocycles. The van der Waals surface area contributed by atoms with Crippen molar-refractivity contribution in [2.45, 2.75) is 84.6 Å². The van der Waals surface area contributed by atoms with Crippen molar-refractivity contribution in [3.8, 4) is 5.75 Å².